The van der Waals surface area contributed by atoms with Gasteiger partial charge in [0.05, 0.1) is 5.52 Å². The van der Waals surface area contributed by atoms with Crippen molar-refractivity contribution < 1.29 is 19.4 Å². The molecule has 2 N–H and O–H groups in total. The molecule has 0 aliphatic carbocycles. The van der Waals surface area contributed by atoms with Gasteiger partial charge in [-0.3, -0.25) is 9.36 Å². The molecular formula is C21H22N2O4. The highest BCUT2D eigenvalue weighted by Crippen LogP contribution is 2.32. The number of anilines is 1. The fraction of sp³-hybridized carbons (Fsp3) is 0.238. The Balaban J connectivity index is 2.00. The van der Waals surface area contributed by atoms with Crippen molar-refractivity contribution in [2.24, 2.45) is 5.41 Å². The average Bonchev–Trinajstić information content (AvgIpc) is 2.90. The number of carbonyl (C=O) groups excluding carboxylic acids is 1. The molecule has 140 valence electrons. The van der Waals surface area contributed by atoms with E-state index < -0.39 is 6.16 Å². The second-order valence-electron chi connectivity index (χ2n) is 7.58. The molecule has 0 spiro atoms. The predicted molar refractivity (Wildman–Crippen MR) is 105 cm³/mol. The van der Waals surface area contributed by atoms with Crippen LogP contribution in [-0.2, 0) is 4.79 Å². The van der Waals surface area contributed by atoms with E-state index in [1.165, 1.54) is 0 Å². The van der Waals surface area contributed by atoms with Gasteiger partial charge in [-0.15, -0.1) is 0 Å². The highest BCUT2D eigenvalue weighted by Gasteiger charge is 2.18. The van der Waals surface area contributed by atoms with Crippen LogP contribution in [0.1, 0.15) is 27.2 Å². The zero-order valence-corrected chi connectivity index (χ0v) is 15.5. The van der Waals surface area contributed by atoms with Gasteiger partial charge in [0, 0.05) is 29.2 Å². The lowest BCUT2D eigenvalue weighted by Crippen LogP contribution is -2.19. The zero-order chi connectivity index (χ0) is 19.6. The normalized spacial score (nSPS) is 11.4. The van der Waals surface area contributed by atoms with Gasteiger partial charge in [-0.1, -0.05) is 39.0 Å². The average molecular weight is 366 g/mol. The molecule has 2 aromatic carbocycles. The molecule has 6 nitrogen and oxygen atoms in total. The maximum absolute atomic E-state index is 12.2. The van der Waals surface area contributed by atoms with Crippen LogP contribution >= 0.6 is 0 Å². The first-order chi connectivity index (χ1) is 12.7. The van der Waals surface area contributed by atoms with Gasteiger partial charge in [0.25, 0.3) is 0 Å². The first kappa shape index (κ1) is 18.5. The Bertz CT molecular complexity index is 985. The van der Waals surface area contributed by atoms with Gasteiger partial charge in [-0.2, -0.15) is 0 Å². The summed E-state index contributed by atoms with van der Waals surface area (Å²) in [6.45, 7) is 6.02. The SMILES string of the molecule is CC(C)(C)CC(=O)Nc1ccc2c(c1)cc(OC(=O)O)n2-c1ccccc1. The molecule has 27 heavy (non-hydrogen) atoms. The minimum absolute atomic E-state index is 0.0636. The van der Waals surface area contributed by atoms with Gasteiger partial charge in [0.1, 0.15) is 0 Å². The Morgan fingerprint density at radius 3 is 2.41 bits per heavy atom. The lowest BCUT2D eigenvalue weighted by Gasteiger charge is -2.17. The Labute approximate surface area is 157 Å². The van der Waals surface area contributed by atoms with Crippen LogP contribution in [-0.4, -0.2) is 21.7 Å². The van der Waals surface area contributed by atoms with Crippen molar-refractivity contribution in [2.75, 3.05) is 5.32 Å². The molecule has 1 amide bonds. The van der Waals surface area contributed by atoms with Crippen LogP contribution < -0.4 is 10.1 Å². The largest absolute Gasteiger partial charge is 0.512 e. The number of nitrogens with zero attached hydrogens (tertiary/aromatic N) is 1. The number of aromatic nitrogens is 1. The van der Waals surface area contributed by atoms with Crippen molar-refractivity contribution in [2.45, 2.75) is 27.2 Å². The number of amides is 1. The quantitative estimate of drug-likeness (QED) is 0.632. The lowest BCUT2D eigenvalue weighted by molar-refractivity contribution is -0.117. The van der Waals surface area contributed by atoms with Crippen molar-refractivity contribution >= 4 is 28.7 Å². The van der Waals surface area contributed by atoms with Crippen LogP contribution in [0.25, 0.3) is 16.6 Å². The van der Waals surface area contributed by atoms with E-state index in [9.17, 15) is 9.59 Å². The van der Waals surface area contributed by atoms with Gasteiger partial charge < -0.3 is 15.2 Å². The number of benzene rings is 2. The number of ether oxygens (including phenoxy) is 1. The van der Waals surface area contributed by atoms with Crippen LogP contribution in [0.3, 0.4) is 0 Å². The van der Waals surface area contributed by atoms with E-state index in [-0.39, 0.29) is 17.2 Å². The predicted octanol–water partition coefficient (Wildman–Crippen LogP) is 5.06. The van der Waals surface area contributed by atoms with Crippen LogP contribution in [0.15, 0.2) is 54.6 Å². The summed E-state index contributed by atoms with van der Waals surface area (Å²) in [6, 6.07) is 16.5. The van der Waals surface area contributed by atoms with Gasteiger partial charge in [0.15, 0.2) is 0 Å². The summed E-state index contributed by atoms with van der Waals surface area (Å²) in [6.07, 6.45) is -0.975. The number of rotatable bonds is 4. The number of para-hydroxylation sites is 1. The maximum Gasteiger partial charge on any atom is 0.512 e. The molecule has 0 saturated heterocycles. The highest BCUT2D eigenvalue weighted by molar-refractivity contribution is 5.95. The maximum atomic E-state index is 12.2. The van der Waals surface area contributed by atoms with Crippen LogP contribution in [0.2, 0.25) is 0 Å². The molecule has 0 radical (unpaired) electrons. The molecule has 0 unspecified atom stereocenters. The summed E-state index contributed by atoms with van der Waals surface area (Å²) in [5, 5.41) is 12.7. The Kier molecular flexibility index (Phi) is 4.90. The van der Waals surface area contributed by atoms with Crippen LogP contribution in [0.5, 0.6) is 5.88 Å². The molecule has 0 aliphatic heterocycles. The first-order valence-electron chi connectivity index (χ1n) is 8.64. The fourth-order valence-corrected chi connectivity index (χ4v) is 2.96. The second-order valence-corrected chi connectivity index (χ2v) is 7.58. The Morgan fingerprint density at radius 2 is 1.78 bits per heavy atom. The topological polar surface area (TPSA) is 80.6 Å². The third-order valence-electron chi connectivity index (χ3n) is 3.95. The molecule has 0 bridgehead atoms. The first-order valence-corrected chi connectivity index (χ1v) is 8.64. The minimum Gasteiger partial charge on any atom is -0.449 e. The molecule has 1 aromatic heterocycles. The lowest BCUT2D eigenvalue weighted by atomic mass is 9.92. The highest BCUT2D eigenvalue weighted by atomic mass is 16.7. The molecular weight excluding hydrogens is 344 g/mol. The van der Waals surface area contributed by atoms with E-state index in [0.717, 1.165) is 16.6 Å². The minimum atomic E-state index is -1.38. The molecule has 6 heteroatoms. The second kappa shape index (κ2) is 7.15. The number of hydrogen-bond acceptors (Lipinski definition) is 3. The summed E-state index contributed by atoms with van der Waals surface area (Å²) in [5.74, 6) is 0.133. The van der Waals surface area contributed by atoms with E-state index >= 15 is 0 Å². The van der Waals surface area contributed by atoms with Gasteiger partial charge in [-0.05, 0) is 35.7 Å². The number of carboxylic acid groups (broad SMARTS) is 1. The standard InChI is InChI=1S/C21H22N2O4/c1-21(2,3)13-18(24)22-15-9-10-17-14(11-15)12-19(27-20(25)26)23(17)16-7-5-4-6-8-16/h4-12H,13H2,1-3H3,(H,22,24)(H,25,26). The van der Waals surface area contributed by atoms with E-state index in [1.54, 1.807) is 16.7 Å². The van der Waals surface area contributed by atoms with E-state index in [4.69, 9.17) is 9.84 Å². The Hall–Kier alpha value is -3.28. The van der Waals surface area contributed by atoms with Crippen molar-refractivity contribution in [3.05, 3.63) is 54.6 Å². The summed E-state index contributed by atoms with van der Waals surface area (Å²) >= 11 is 0. The summed E-state index contributed by atoms with van der Waals surface area (Å²) in [7, 11) is 0. The van der Waals surface area contributed by atoms with Crippen molar-refractivity contribution in [1.82, 2.24) is 4.57 Å². The van der Waals surface area contributed by atoms with Gasteiger partial charge >= 0.3 is 6.16 Å². The number of hydrogen-bond donors (Lipinski definition) is 2. The van der Waals surface area contributed by atoms with Crippen LogP contribution in [0, 0.1) is 5.41 Å². The van der Waals surface area contributed by atoms with E-state index in [2.05, 4.69) is 5.32 Å². The van der Waals surface area contributed by atoms with Crippen LogP contribution in [0.4, 0.5) is 10.5 Å². The van der Waals surface area contributed by atoms with Gasteiger partial charge in [-0.25, -0.2) is 4.79 Å². The number of nitrogens with one attached hydrogen (secondary N) is 1. The van der Waals surface area contributed by atoms with E-state index in [1.807, 2.05) is 63.2 Å². The molecule has 3 rings (SSSR count). The fourth-order valence-electron chi connectivity index (χ4n) is 2.96. The summed E-state index contributed by atoms with van der Waals surface area (Å²) < 4.78 is 6.69. The summed E-state index contributed by atoms with van der Waals surface area (Å²) in [5.41, 5.74) is 2.12. The third-order valence-corrected chi connectivity index (χ3v) is 3.95. The zero-order valence-electron chi connectivity index (χ0n) is 15.5. The Morgan fingerprint density at radius 1 is 1.07 bits per heavy atom. The molecule has 1 heterocycles. The number of fused-ring (bicyclic) bond motifs is 1. The molecule has 0 fully saturated rings. The van der Waals surface area contributed by atoms with Crippen molar-refractivity contribution in [3.8, 4) is 11.6 Å². The van der Waals surface area contributed by atoms with Crippen molar-refractivity contribution in [1.29, 1.82) is 0 Å². The van der Waals surface area contributed by atoms with E-state index in [0.29, 0.717) is 12.1 Å². The monoisotopic (exact) mass is 366 g/mol. The number of carbonyl (C=O) groups is 2. The van der Waals surface area contributed by atoms with Gasteiger partial charge in [0.2, 0.25) is 11.8 Å². The molecule has 0 aliphatic rings. The third kappa shape index (κ3) is 4.47. The smallest absolute Gasteiger partial charge is 0.449 e. The van der Waals surface area contributed by atoms with Crippen molar-refractivity contribution in [3.63, 3.8) is 0 Å². The molecule has 0 saturated carbocycles. The molecule has 3 aromatic rings. The molecule has 0 atom stereocenters. The summed E-state index contributed by atoms with van der Waals surface area (Å²) in [4.78, 5) is 23.3.